The number of amides is 4. The molecule has 3 rings (SSSR count). The highest BCUT2D eigenvalue weighted by atomic mass is 19.4. The zero-order valence-electron chi connectivity index (χ0n) is 14.3. The van der Waals surface area contributed by atoms with Crippen molar-refractivity contribution in [3.63, 3.8) is 0 Å². The summed E-state index contributed by atoms with van der Waals surface area (Å²) < 4.78 is 42.8. The SMILES string of the molecule is O=C(C1CCOCC1)N1CCC(N2CC(=O)N(CC(F)(F)F)C2=O)CC1. The third-order valence-electron chi connectivity index (χ3n) is 5.21. The number of hydrogen-bond acceptors (Lipinski definition) is 4. The average Bonchev–Trinajstić information content (AvgIpc) is 2.89. The molecule has 0 bridgehead atoms. The van der Waals surface area contributed by atoms with Crippen LogP contribution in [0.15, 0.2) is 0 Å². The van der Waals surface area contributed by atoms with Gasteiger partial charge < -0.3 is 14.5 Å². The summed E-state index contributed by atoms with van der Waals surface area (Å²) in [6.45, 7) is 0.157. The second kappa shape index (κ2) is 7.42. The Morgan fingerprint density at radius 2 is 1.69 bits per heavy atom. The van der Waals surface area contributed by atoms with Gasteiger partial charge >= 0.3 is 12.2 Å². The van der Waals surface area contributed by atoms with E-state index in [1.807, 2.05) is 0 Å². The lowest BCUT2D eigenvalue weighted by Gasteiger charge is -2.38. The van der Waals surface area contributed by atoms with Crippen LogP contribution in [-0.4, -0.2) is 84.2 Å². The molecule has 3 saturated heterocycles. The Morgan fingerprint density at radius 3 is 2.27 bits per heavy atom. The molecule has 0 aromatic carbocycles. The van der Waals surface area contributed by atoms with Crippen molar-refractivity contribution in [1.82, 2.24) is 14.7 Å². The first-order chi connectivity index (χ1) is 12.3. The van der Waals surface area contributed by atoms with E-state index in [0.29, 0.717) is 52.0 Å². The van der Waals surface area contributed by atoms with Gasteiger partial charge in [0.25, 0.3) is 5.91 Å². The number of likely N-dealkylation sites (tertiary alicyclic amines) is 1. The van der Waals surface area contributed by atoms with Crippen molar-refractivity contribution in [2.75, 3.05) is 39.4 Å². The van der Waals surface area contributed by atoms with Crippen molar-refractivity contribution in [1.29, 1.82) is 0 Å². The predicted octanol–water partition coefficient (Wildman–Crippen LogP) is 1.23. The number of imide groups is 1. The second-order valence-electron chi connectivity index (χ2n) is 6.95. The van der Waals surface area contributed by atoms with Crippen LogP contribution in [0, 0.1) is 5.92 Å². The van der Waals surface area contributed by atoms with Gasteiger partial charge in [-0.3, -0.25) is 14.5 Å². The molecule has 3 aliphatic heterocycles. The van der Waals surface area contributed by atoms with Gasteiger partial charge in [0.15, 0.2) is 0 Å². The van der Waals surface area contributed by atoms with E-state index in [9.17, 15) is 27.6 Å². The van der Waals surface area contributed by atoms with Gasteiger partial charge in [-0.15, -0.1) is 0 Å². The largest absolute Gasteiger partial charge is 0.406 e. The van der Waals surface area contributed by atoms with E-state index in [1.54, 1.807) is 4.90 Å². The molecular formula is C16H22F3N3O4. The number of ether oxygens (including phenoxy) is 1. The highest BCUT2D eigenvalue weighted by molar-refractivity contribution is 6.02. The Bertz CT molecular complexity index is 570. The maximum Gasteiger partial charge on any atom is 0.406 e. The van der Waals surface area contributed by atoms with Gasteiger partial charge in [0.2, 0.25) is 5.91 Å². The van der Waals surface area contributed by atoms with Crippen LogP contribution in [0.1, 0.15) is 25.7 Å². The van der Waals surface area contributed by atoms with Crippen LogP contribution in [0.2, 0.25) is 0 Å². The van der Waals surface area contributed by atoms with Gasteiger partial charge in [-0.1, -0.05) is 0 Å². The Hall–Kier alpha value is -1.84. The van der Waals surface area contributed by atoms with Crippen molar-refractivity contribution >= 4 is 17.8 Å². The van der Waals surface area contributed by atoms with E-state index in [4.69, 9.17) is 4.74 Å². The molecule has 0 atom stereocenters. The second-order valence-corrected chi connectivity index (χ2v) is 6.95. The third-order valence-corrected chi connectivity index (χ3v) is 5.21. The molecule has 4 amide bonds. The highest BCUT2D eigenvalue weighted by Gasteiger charge is 2.45. The molecule has 146 valence electrons. The number of hydrogen-bond donors (Lipinski definition) is 0. The summed E-state index contributed by atoms with van der Waals surface area (Å²) in [7, 11) is 0. The average molecular weight is 377 g/mol. The lowest BCUT2D eigenvalue weighted by atomic mass is 9.96. The molecule has 3 aliphatic rings. The van der Waals surface area contributed by atoms with Crippen LogP contribution in [0.3, 0.4) is 0 Å². The summed E-state index contributed by atoms with van der Waals surface area (Å²) in [5.41, 5.74) is 0. The fraction of sp³-hybridized carbons (Fsp3) is 0.812. The molecule has 0 spiro atoms. The van der Waals surface area contributed by atoms with Crippen LogP contribution < -0.4 is 0 Å². The molecule has 0 aromatic heterocycles. The standard InChI is InChI=1S/C16H22F3N3O4/c17-16(18,19)10-22-13(23)9-21(15(22)25)12-1-5-20(6-2-12)14(24)11-3-7-26-8-4-11/h11-12H,1-10H2. The fourth-order valence-electron chi connectivity index (χ4n) is 3.78. The van der Waals surface area contributed by atoms with Gasteiger partial charge in [-0.2, -0.15) is 13.2 Å². The summed E-state index contributed by atoms with van der Waals surface area (Å²) in [5, 5.41) is 0. The number of halogens is 3. The smallest absolute Gasteiger partial charge is 0.381 e. The number of carbonyl (C=O) groups is 3. The van der Waals surface area contributed by atoms with Crippen molar-refractivity contribution in [2.45, 2.75) is 37.9 Å². The summed E-state index contributed by atoms with van der Waals surface area (Å²) in [6, 6.07) is -1.20. The quantitative estimate of drug-likeness (QED) is 0.694. The van der Waals surface area contributed by atoms with Gasteiger partial charge in [-0.05, 0) is 25.7 Å². The van der Waals surface area contributed by atoms with Crippen LogP contribution in [-0.2, 0) is 14.3 Å². The van der Waals surface area contributed by atoms with Gasteiger partial charge in [0, 0.05) is 38.3 Å². The molecule has 0 aliphatic carbocycles. The summed E-state index contributed by atoms with van der Waals surface area (Å²) in [6.07, 6.45) is -2.28. The first-order valence-corrected chi connectivity index (χ1v) is 8.80. The molecule has 26 heavy (non-hydrogen) atoms. The Kier molecular flexibility index (Phi) is 5.40. The molecule has 3 fully saturated rings. The molecule has 0 aromatic rings. The molecule has 0 unspecified atom stereocenters. The zero-order valence-corrected chi connectivity index (χ0v) is 14.3. The lowest BCUT2D eigenvalue weighted by molar-refractivity contribution is -0.151. The lowest BCUT2D eigenvalue weighted by Crippen LogP contribution is -2.50. The Labute approximate surface area is 149 Å². The van der Waals surface area contributed by atoms with Crippen molar-refractivity contribution in [3.8, 4) is 0 Å². The van der Waals surface area contributed by atoms with Gasteiger partial charge in [0.1, 0.15) is 13.1 Å². The number of rotatable bonds is 3. The van der Waals surface area contributed by atoms with Gasteiger partial charge in [-0.25, -0.2) is 4.79 Å². The number of carbonyl (C=O) groups excluding carboxylic acids is 3. The maximum absolute atomic E-state index is 12.5. The van der Waals surface area contributed by atoms with Crippen LogP contribution in [0.25, 0.3) is 0 Å². The van der Waals surface area contributed by atoms with E-state index in [2.05, 4.69) is 0 Å². The van der Waals surface area contributed by atoms with Crippen LogP contribution in [0.4, 0.5) is 18.0 Å². The minimum atomic E-state index is -4.61. The predicted molar refractivity (Wildman–Crippen MR) is 83.0 cm³/mol. The van der Waals surface area contributed by atoms with E-state index < -0.39 is 24.7 Å². The van der Waals surface area contributed by atoms with Crippen LogP contribution in [0.5, 0.6) is 0 Å². The summed E-state index contributed by atoms with van der Waals surface area (Å²) >= 11 is 0. The first-order valence-electron chi connectivity index (χ1n) is 8.80. The molecular weight excluding hydrogens is 355 g/mol. The summed E-state index contributed by atoms with van der Waals surface area (Å²) in [5.74, 6) is -0.792. The van der Waals surface area contributed by atoms with Crippen LogP contribution >= 0.6 is 0 Å². The number of alkyl halides is 3. The summed E-state index contributed by atoms with van der Waals surface area (Å²) in [4.78, 5) is 39.7. The minimum absolute atomic E-state index is 0.0439. The normalized spacial score (nSPS) is 23.9. The number of nitrogens with zero attached hydrogens (tertiary/aromatic N) is 3. The first kappa shape index (κ1) is 18.9. The van der Waals surface area contributed by atoms with E-state index in [0.717, 1.165) is 0 Å². The van der Waals surface area contributed by atoms with Crippen molar-refractivity contribution in [3.05, 3.63) is 0 Å². The van der Waals surface area contributed by atoms with Crippen molar-refractivity contribution < 1.29 is 32.3 Å². The van der Waals surface area contributed by atoms with Gasteiger partial charge in [0.05, 0.1) is 0 Å². The minimum Gasteiger partial charge on any atom is -0.381 e. The molecule has 3 heterocycles. The number of urea groups is 1. The van der Waals surface area contributed by atoms with E-state index in [-0.39, 0.29) is 29.3 Å². The zero-order chi connectivity index (χ0) is 18.9. The molecule has 0 saturated carbocycles. The van der Waals surface area contributed by atoms with Crippen molar-refractivity contribution in [2.24, 2.45) is 5.92 Å². The van der Waals surface area contributed by atoms with E-state index in [1.165, 1.54) is 4.90 Å². The molecule has 0 radical (unpaired) electrons. The molecule has 7 nitrogen and oxygen atoms in total. The maximum atomic E-state index is 12.5. The third kappa shape index (κ3) is 4.11. The Balaban J connectivity index is 1.54. The Morgan fingerprint density at radius 1 is 1.08 bits per heavy atom. The molecule has 10 heteroatoms. The highest BCUT2D eigenvalue weighted by Crippen LogP contribution is 2.27. The fourth-order valence-corrected chi connectivity index (χ4v) is 3.78. The topological polar surface area (TPSA) is 70.2 Å². The molecule has 0 N–H and O–H groups in total. The monoisotopic (exact) mass is 377 g/mol. The number of piperidine rings is 1. The van der Waals surface area contributed by atoms with E-state index >= 15 is 0 Å².